The van der Waals surface area contributed by atoms with Crippen molar-refractivity contribution in [1.29, 1.82) is 0 Å². The van der Waals surface area contributed by atoms with Gasteiger partial charge in [-0.25, -0.2) is 0 Å². The zero-order valence-electron chi connectivity index (χ0n) is 12.4. The Morgan fingerprint density at radius 2 is 1.79 bits per heavy atom. The van der Waals surface area contributed by atoms with Crippen LogP contribution in [0.2, 0.25) is 0 Å². The number of rotatable bonds is 11. The highest BCUT2D eigenvalue weighted by molar-refractivity contribution is 9.11. The molecule has 1 aromatic rings. The molecule has 0 aliphatic carbocycles. The zero-order chi connectivity index (χ0) is 13.9. The van der Waals surface area contributed by atoms with Gasteiger partial charge in [0, 0.05) is 10.9 Å². The highest BCUT2D eigenvalue weighted by Crippen LogP contribution is 2.24. The minimum Gasteiger partial charge on any atom is -0.317 e. The summed E-state index contributed by atoms with van der Waals surface area (Å²) < 4.78 is 1.24. The average molecular weight is 346 g/mol. The summed E-state index contributed by atoms with van der Waals surface area (Å²) in [6.07, 6.45) is 12.3. The average Bonchev–Trinajstić information content (AvgIpc) is 2.81. The van der Waals surface area contributed by atoms with Gasteiger partial charge in [0.1, 0.15) is 0 Å². The fourth-order valence-electron chi connectivity index (χ4n) is 2.40. The molecule has 19 heavy (non-hydrogen) atoms. The number of halogens is 1. The molecule has 0 bridgehead atoms. The van der Waals surface area contributed by atoms with E-state index in [1.54, 1.807) is 0 Å². The Bertz CT molecular complexity index is 324. The van der Waals surface area contributed by atoms with Crippen LogP contribution in [0.3, 0.4) is 0 Å². The number of hydrogen-bond acceptors (Lipinski definition) is 2. The standard InChI is InChI=1S/C16H28BrNS/c1-3-4-5-6-7-8-9-10-14(18-2)13-15-11-12-16(17)19-15/h11-12,14,18H,3-10,13H2,1-2H3. The minimum atomic E-state index is 0.640. The molecule has 0 aromatic carbocycles. The molecule has 0 saturated carbocycles. The number of thiophene rings is 1. The first kappa shape index (κ1) is 17.2. The van der Waals surface area contributed by atoms with E-state index >= 15 is 0 Å². The van der Waals surface area contributed by atoms with Crippen LogP contribution in [0.25, 0.3) is 0 Å². The summed E-state index contributed by atoms with van der Waals surface area (Å²) in [5.41, 5.74) is 0. The summed E-state index contributed by atoms with van der Waals surface area (Å²) >= 11 is 5.40. The summed E-state index contributed by atoms with van der Waals surface area (Å²) in [4.78, 5) is 1.48. The van der Waals surface area contributed by atoms with Crippen molar-refractivity contribution in [1.82, 2.24) is 5.32 Å². The Morgan fingerprint density at radius 1 is 1.11 bits per heavy atom. The summed E-state index contributed by atoms with van der Waals surface area (Å²) in [6.45, 7) is 2.28. The molecule has 0 saturated heterocycles. The molecule has 3 heteroatoms. The van der Waals surface area contributed by atoms with Gasteiger partial charge in [0.25, 0.3) is 0 Å². The lowest BCUT2D eigenvalue weighted by Crippen LogP contribution is -2.27. The molecular weight excluding hydrogens is 318 g/mol. The summed E-state index contributed by atoms with van der Waals surface area (Å²) in [6, 6.07) is 5.03. The van der Waals surface area contributed by atoms with Gasteiger partial charge in [-0.05, 0) is 48.0 Å². The quantitative estimate of drug-likeness (QED) is 0.501. The van der Waals surface area contributed by atoms with Crippen LogP contribution in [0.1, 0.15) is 63.2 Å². The third-order valence-corrected chi connectivity index (χ3v) is 5.29. The van der Waals surface area contributed by atoms with Gasteiger partial charge in [-0.2, -0.15) is 0 Å². The van der Waals surface area contributed by atoms with Crippen LogP contribution in [0, 0.1) is 0 Å². The predicted molar refractivity (Wildman–Crippen MR) is 91.2 cm³/mol. The van der Waals surface area contributed by atoms with E-state index in [2.05, 4.69) is 47.4 Å². The van der Waals surface area contributed by atoms with Gasteiger partial charge in [0.2, 0.25) is 0 Å². The maximum Gasteiger partial charge on any atom is 0.0701 e. The molecule has 1 heterocycles. The van der Waals surface area contributed by atoms with Crippen molar-refractivity contribution >= 4 is 27.3 Å². The number of hydrogen-bond donors (Lipinski definition) is 1. The van der Waals surface area contributed by atoms with E-state index in [-0.39, 0.29) is 0 Å². The van der Waals surface area contributed by atoms with Crippen LogP contribution in [0.5, 0.6) is 0 Å². The summed E-state index contributed by atoms with van der Waals surface area (Å²) in [5.74, 6) is 0. The molecule has 1 N–H and O–H groups in total. The Kier molecular flexibility index (Phi) is 9.84. The Morgan fingerprint density at radius 3 is 2.37 bits per heavy atom. The lowest BCUT2D eigenvalue weighted by atomic mass is 10.0. The van der Waals surface area contributed by atoms with Crippen LogP contribution >= 0.6 is 27.3 Å². The van der Waals surface area contributed by atoms with Gasteiger partial charge >= 0.3 is 0 Å². The van der Waals surface area contributed by atoms with Crippen molar-refractivity contribution in [2.24, 2.45) is 0 Å². The van der Waals surface area contributed by atoms with Crippen molar-refractivity contribution in [3.05, 3.63) is 20.8 Å². The number of likely N-dealkylation sites (N-methyl/N-ethyl adjacent to an activating group) is 1. The minimum absolute atomic E-state index is 0.640. The predicted octanol–water partition coefficient (Wildman–Crippen LogP) is 5.78. The van der Waals surface area contributed by atoms with Gasteiger partial charge in [-0.15, -0.1) is 11.3 Å². The lowest BCUT2D eigenvalue weighted by molar-refractivity contribution is 0.480. The topological polar surface area (TPSA) is 12.0 Å². The second-order valence-corrected chi connectivity index (χ2v) is 7.85. The van der Waals surface area contributed by atoms with Crippen LogP contribution in [-0.2, 0) is 6.42 Å². The van der Waals surface area contributed by atoms with Crippen LogP contribution in [0.4, 0.5) is 0 Å². The highest BCUT2D eigenvalue weighted by atomic mass is 79.9. The first-order valence-electron chi connectivity index (χ1n) is 7.67. The summed E-state index contributed by atoms with van der Waals surface area (Å²) in [7, 11) is 2.09. The first-order valence-corrected chi connectivity index (χ1v) is 9.28. The van der Waals surface area contributed by atoms with E-state index in [0.717, 1.165) is 0 Å². The van der Waals surface area contributed by atoms with E-state index in [1.165, 1.54) is 66.5 Å². The smallest absolute Gasteiger partial charge is 0.0701 e. The van der Waals surface area contributed by atoms with Crippen molar-refractivity contribution in [3.8, 4) is 0 Å². The van der Waals surface area contributed by atoms with E-state index in [4.69, 9.17) is 0 Å². The van der Waals surface area contributed by atoms with Crippen molar-refractivity contribution in [3.63, 3.8) is 0 Å². The monoisotopic (exact) mass is 345 g/mol. The van der Waals surface area contributed by atoms with Crippen molar-refractivity contribution < 1.29 is 0 Å². The molecule has 0 amide bonds. The summed E-state index contributed by atoms with van der Waals surface area (Å²) in [5, 5.41) is 3.46. The first-order chi connectivity index (χ1) is 9.26. The Balaban J connectivity index is 2.08. The third-order valence-electron chi connectivity index (χ3n) is 3.64. The SMILES string of the molecule is CCCCCCCCCC(Cc1ccc(Br)s1)NC. The zero-order valence-corrected chi connectivity index (χ0v) is 14.8. The largest absolute Gasteiger partial charge is 0.317 e. The van der Waals surface area contributed by atoms with Gasteiger partial charge in [-0.1, -0.05) is 51.9 Å². The van der Waals surface area contributed by atoms with Crippen molar-refractivity contribution in [2.75, 3.05) is 7.05 Å². The Hall–Kier alpha value is 0.140. The van der Waals surface area contributed by atoms with E-state index in [9.17, 15) is 0 Å². The lowest BCUT2D eigenvalue weighted by Gasteiger charge is -2.15. The highest BCUT2D eigenvalue weighted by Gasteiger charge is 2.08. The van der Waals surface area contributed by atoms with Crippen molar-refractivity contribution in [2.45, 2.75) is 70.8 Å². The molecule has 1 unspecified atom stereocenters. The second kappa shape index (κ2) is 10.9. The molecular formula is C16H28BrNS. The van der Waals surface area contributed by atoms with Gasteiger partial charge in [0.05, 0.1) is 3.79 Å². The van der Waals surface area contributed by atoms with E-state index < -0.39 is 0 Å². The fraction of sp³-hybridized carbons (Fsp3) is 0.750. The molecule has 0 fully saturated rings. The number of nitrogens with one attached hydrogen (secondary N) is 1. The van der Waals surface area contributed by atoms with E-state index in [1.807, 2.05) is 11.3 Å². The van der Waals surface area contributed by atoms with Gasteiger partial charge in [0.15, 0.2) is 0 Å². The molecule has 0 aliphatic heterocycles. The molecule has 0 radical (unpaired) electrons. The number of unbranched alkanes of at least 4 members (excludes halogenated alkanes) is 6. The molecule has 1 rings (SSSR count). The molecule has 1 atom stereocenters. The third kappa shape index (κ3) is 8.11. The van der Waals surface area contributed by atoms with Crippen LogP contribution in [0.15, 0.2) is 15.9 Å². The molecule has 110 valence electrons. The van der Waals surface area contributed by atoms with Crippen LogP contribution in [-0.4, -0.2) is 13.1 Å². The maximum atomic E-state index is 3.54. The van der Waals surface area contributed by atoms with Gasteiger partial charge in [-0.3, -0.25) is 0 Å². The second-order valence-electron chi connectivity index (χ2n) is 5.31. The molecule has 1 nitrogen and oxygen atoms in total. The maximum absolute atomic E-state index is 3.54. The van der Waals surface area contributed by atoms with Gasteiger partial charge < -0.3 is 5.32 Å². The molecule has 1 aromatic heterocycles. The molecule has 0 aliphatic rings. The normalized spacial score (nSPS) is 12.8. The fourth-order valence-corrected chi connectivity index (χ4v) is 3.96. The van der Waals surface area contributed by atoms with Crippen LogP contribution < -0.4 is 5.32 Å². The van der Waals surface area contributed by atoms with E-state index in [0.29, 0.717) is 6.04 Å². The Labute approximate surface area is 131 Å². The molecule has 0 spiro atoms.